The molecule has 120 valence electrons. The van der Waals surface area contributed by atoms with E-state index in [-0.39, 0.29) is 6.04 Å². The Kier molecular flexibility index (Phi) is 6.64. The first kappa shape index (κ1) is 17.4. The smallest absolute Gasteiger partial charge is 0.242 e. The number of thiophene rings is 1. The minimum Gasteiger partial charge on any atom is -0.380 e. The zero-order valence-electron chi connectivity index (χ0n) is 12.0. The second kappa shape index (κ2) is 8.03. The molecule has 0 aliphatic carbocycles. The highest BCUT2D eigenvalue weighted by molar-refractivity contribution is 9.11. The van der Waals surface area contributed by atoms with Crippen molar-refractivity contribution < 1.29 is 13.2 Å². The lowest BCUT2D eigenvalue weighted by atomic mass is 10.1. The van der Waals surface area contributed by atoms with Crippen LogP contribution in [0.4, 0.5) is 0 Å². The van der Waals surface area contributed by atoms with Gasteiger partial charge in [-0.2, -0.15) is 0 Å². The minimum atomic E-state index is -3.49. The lowest BCUT2D eigenvalue weighted by Crippen LogP contribution is -2.40. The van der Waals surface area contributed by atoms with Gasteiger partial charge in [-0.25, -0.2) is 13.1 Å². The van der Waals surface area contributed by atoms with Crippen LogP contribution in [0.1, 0.15) is 31.1 Å². The molecule has 1 aromatic heterocycles. The molecule has 1 saturated heterocycles. The van der Waals surface area contributed by atoms with Gasteiger partial charge in [0.05, 0.1) is 10.4 Å². The van der Waals surface area contributed by atoms with E-state index in [1.54, 1.807) is 6.07 Å². The Bertz CT molecular complexity index is 554. The number of hydrogen-bond acceptors (Lipinski definition) is 5. The van der Waals surface area contributed by atoms with Gasteiger partial charge in [0.2, 0.25) is 10.0 Å². The van der Waals surface area contributed by atoms with Crippen LogP contribution < -0.4 is 10.0 Å². The number of halogens is 1. The fourth-order valence-electron chi connectivity index (χ4n) is 2.17. The van der Waals surface area contributed by atoms with Crippen LogP contribution in [-0.4, -0.2) is 34.2 Å². The van der Waals surface area contributed by atoms with Crippen molar-refractivity contribution in [1.82, 2.24) is 10.0 Å². The summed E-state index contributed by atoms with van der Waals surface area (Å²) in [6.45, 7) is 4.89. The summed E-state index contributed by atoms with van der Waals surface area (Å²) in [5.41, 5.74) is 0. The van der Waals surface area contributed by atoms with Crippen LogP contribution in [0.2, 0.25) is 0 Å². The zero-order valence-corrected chi connectivity index (χ0v) is 15.2. The summed E-state index contributed by atoms with van der Waals surface area (Å²) in [6.07, 6.45) is 2.77. The van der Waals surface area contributed by atoms with E-state index in [0.29, 0.717) is 28.4 Å². The van der Waals surface area contributed by atoms with Gasteiger partial charge in [-0.1, -0.05) is 6.92 Å². The molecule has 0 bridgehead atoms. The van der Waals surface area contributed by atoms with Crippen LogP contribution in [0, 0.1) is 0 Å². The first-order valence-electron chi connectivity index (χ1n) is 7.12. The van der Waals surface area contributed by atoms with Gasteiger partial charge in [0, 0.05) is 24.1 Å². The highest BCUT2D eigenvalue weighted by atomic mass is 79.9. The SMILES string of the molecule is CCCNCc1cc(S(=O)(=O)NC2CCCOC2)c(Br)s1. The molecular formula is C13H21BrN2O3S2. The van der Waals surface area contributed by atoms with Crippen LogP contribution in [0.3, 0.4) is 0 Å². The van der Waals surface area contributed by atoms with Gasteiger partial charge in [-0.3, -0.25) is 0 Å². The molecule has 2 rings (SSSR count). The molecule has 1 aliphatic rings. The molecule has 21 heavy (non-hydrogen) atoms. The number of nitrogens with one attached hydrogen (secondary N) is 2. The van der Waals surface area contributed by atoms with Crippen molar-refractivity contribution in [2.75, 3.05) is 19.8 Å². The molecule has 0 radical (unpaired) electrons. The summed E-state index contributed by atoms with van der Waals surface area (Å²) in [7, 11) is -3.49. The monoisotopic (exact) mass is 396 g/mol. The Hall–Kier alpha value is 0.01000. The number of ether oxygens (including phenoxy) is 1. The molecule has 1 aromatic rings. The van der Waals surface area contributed by atoms with E-state index in [2.05, 4.69) is 32.9 Å². The van der Waals surface area contributed by atoms with E-state index >= 15 is 0 Å². The van der Waals surface area contributed by atoms with Crippen molar-refractivity contribution >= 4 is 37.3 Å². The Morgan fingerprint density at radius 3 is 3.00 bits per heavy atom. The van der Waals surface area contributed by atoms with Crippen molar-refractivity contribution in [2.24, 2.45) is 0 Å². The van der Waals surface area contributed by atoms with E-state index in [9.17, 15) is 8.42 Å². The van der Waals surface area contributed by atoms with Crippen LogP contribution in [-0.2, 0) is 21.3 Å². The van der Waals surface area contributed by atoms with Gasteiger partial charge in [0.25, 0.3) is 0 Å². The molecule has 5 nitrogen and oxygen atoms in total. The van der Waals surface area contributed by atoms with E-state index in [0.717, 1.165) is 30.7 Å². The fraction of sp³-hybridized carbons (Fsp3) is 0.692. The molecule has 1 unspecified atom stereocenters. The number of rotatable bonds is 7. The fourth-order valence-corrected chi connectivity index (χ4v) is 6.08. The lowest BCUT2D eigenvalue weighted by molar-refractivity contribution is 0.0774. The van der Waals surface area contributed by atoms with Crippen LogP contribution in [0.25, 0.3) is 0 Å². The van der Waals surface area contributed by atoms with E-state index in [4.69, 9.17) is 4.74 Å². The van der Waals surface area contributed by atoms with Crippen molar-refractivity contribution in [3.05, 3.63) is 14.7 Å². The molecule has 1 atom stereocenters. The van der Waals surface area contributed by atoms with Crippen molar-refractivity contribution in [2.45, 2.75) is 43.7 Å². The minimum absolute atomic E-state index is 0.128. The molecule has 0 spiro atoms. The second-order valence-corrected chi connectivity index (χ2v) is 9.20. The van der Waals surface area contributed by atoms with Gasteiger partial charge in [0.1, 0.15) is 4.90 Å². The summed E-state index contributed by atoms with van der Waals surface area (Å²) in [5.74, 6) is 0. The van der Waals surface area contributed by atoms with Crippen LogP contribution in [0.5, 0.6) is 0 Å². The first-order valence-corrected chi connectivity index (χ1v) is 10.2. The van der Waals surface area contributed by atoms with Crippen molar-refractivity contribution in [3.63, 3.8) is 0 Å². The average Bonchev–Trinajstić information content (AvgIpc) is 2.82. The topological polar surface area (TPSA) is 67.4 Å². The van der Waals surface area contributed by atoms with Gasteiger partial charge < -0.3 is 10.1 Å². The van der Waals surface area contributed by atoms with E-state index < -0.39 is 10.0 Å². The van der Waals surface area contributed by atoms with Gasteiger partial charge in [-0.05, 0) is 47.8 Å². The molecule has 0 amide bonds. The Balaban J connectivity index is 2.04. The van der Waals surface area contributed by atoms with Gasteiger partial charge in [0.15, 0.2) is 0 Å². The highest BCUT2D eigenvalue weighted by Crippen LogP contribution is 2.32. The van der Waals surface area contributed by atoms with E-state index in [1.165, 1.54) is 11.3 Å². The Morgan fingerprint density at radius 1 is 1.52 bits per heavy atom. The molecule has 0 aromatic carbocycles. The predicted molar refractivity (Wildman–Crippen MR) is 88.2 cm³/mol. The summed E-state index contributed by atoms with van der Waals surface area (Å²) < 4.78 is 33.6. The lowest BCUT2D eigenvalue weighted by Gasteiger charge is -2.22. The molecule has 0 saturated carbocycles. The van der Waals surface area contributed by atoms with Crippen molar-refractivity contribution in [3.8, 4) is 0 Å². The normalized spacial score (nSPS) is 19.8. The zero-order chi connectivity index (χ0) is 15.3. The van der Waals surface area contributed by atoms with Crippen LogP contribution >= 0.6 is 27.3 Å². The molecule has 1 fully saturated rings. The third-order valence-electron chi connectivity index (χ3n) is 3.20. The Morgan fingerprint density at radius 2 is 2.33 bits per heavy atom. The summed E-state index contributed by atoms with van der Waals surface area (Å²) in [5, 5.41) is 3.28. The number of hydrogen-bond donors (Lipinski definition) is 2. The van der Waals surface area contributed by atoms with Crippen molar-refractivity contribution in [1.29, 1.82) is 0 Å². The van der Waals surface area contributed by atoms with Gasteiger partial charge >= 0.3 is 0 Å². The van der Waals surface area contributed by atoms with E-state index in [1.807, 2.05) is 0 Å². The molecule has 2 heterocycles. The maximum atomic E-state index is 12.5. The van der Waals surface area contributed by atoms with Gasteiger partial charge in [-0.15, -0.1) is 11.3 Å². The molecular weight excluding hydrogens is 376 g/mol. The number of sulfonamides is 1. The second-order valence-electron chi connectivity index (χ2n) is 5.06. The van der Waals surface area contributed by atoms with Crippen LogP contribution in [0.15, 0.2) is 14.7 Å². The average molecular weight is 397 g/mol. The maximum Gasteiger partial charge on any atom is 0.242 e. The predicted octanol–water partition coefficient (Wildman–Crippen LogP) is 2.47. The largest absolute Gasteiger partial charge is 0.380 e. The quantitative estimate of drug-likeness (QED) is 0.694. The third-order valence-corrected chi connectivity index (χ3v) is 6.98. The third kappa shape index (κ3) is 5.01. The summed E-state index contributed by atoms with van der Waals surface area (Å²) in [4.78, 5) is 1.34. The molecule has 1 aliphatic heterocycles. The highest BCUT2D eigenvalue weighted by Gasteiger charge is 2.25. The summed E-state index contributed by atoms with van der Waals surface area (Å²) >= 11 is 4.82. The first-order chi connectivity index (χ1) is 10.0. The standard InChI is InChI=1S/C13H21BrN2O3S2/c1-2-5-15-8-11-7-12(13(14)20-11)21(17,18)16-10-4-3-6-19-9-10/h7,10,15-16H,2-6,8-9H2,1H3. The molecule has 8 heteroatoms. The molecule has 2 N–H and O–H groups in total. The Labute approximate surface area is 138 Å². The maximum absolute atomic E-state index is 12.5. The summed E-state index contributed by atoms with van der Waals surface area (Å²) in [6, 6.07) is 1.61.